The van der Waals surface area contributed by atoms with E-state index in [1.807, 2.05) is 0 Å². The van der Waals surface area contributed by atoms with E-state index >= 15 is 0 Å². The lowest BCUT2D eigenvalue weighted by atomic mass is 9.80. The van der Waals surface area contributed by atoms with Gasteiger partial charge >= 0.3 is 0 Å². The van der Waals surface area contributed by atoms with E-state index < -0.39 is 0 Å². The summed E-state index contributed by atoms with van der Waals surface area (Å²) in [4.78, 5) is 2.58. The van der Waals surface area contributed by atoms with Crippen LogP contribution in [0.4, 0.5) is 0 Å². The van der Waals surface area contributed by atoms with Gasteiger partial charge in [0.05, 0.1) is 6.61 Å². The first kappa shape index (κ1) is 13.9. The van der Waals surface area contributed by atoms with E-state index in [2.05, 4.69) is 30.0 Å². The molecule has 0 aromatic heterocycles. The standard InChI is InChI=1S/C17H26N2O/c1-17(13-18)6-9-19(10-7-17)8-4-14-2-3-16-15(12-14)5-11-20-16/h2-3,12H,4-11,13,18H2,1H3. The molecule has 0 radical (unpaired) electrons. The van der Waals surface area contributed by atoms with E-state index in [1.165, 1.54) is 43.6 Å². The molecule has 0 spiro atoms. The second-order valence-corrected chi connectivity index (χ2v) is 6.65. The van der Waals surface area contributed by atoms with Gasteiger partial charge in [0.25, 0.3) is 0 Å². The van der Waals surface area contributed by atoms with Crippen molar-refractivity contribution < 1.29 is 4.74 Å². The number of nitrogens with two attached hydrogens (primary N) is 1. The summed E-state index contributed by atoms with van der Waals surface area (Å²) < 4.78 is 5.56. The van der Waals surface area contributed by atoms with Crippen LogP contribution < -0.4 is 10.5 Å². The Morgan fingerprint density at radius 3 is 2.85 bits per heavy atom. The molecule has 1 fully saturated rings. The maximum absolute atomic E-state index is 5.87. The lowest BCUT2D eigenvalue weighted by Gasteiger charge is -2.38. The lowest BCUT2D eigenvalue weighted by molar-refractivity contribution is 0.125. The highest BCUT2D eigenvalue weighted by Crippen LogP contribution is 2.30. The van der Waals surface area contributed by atoms with Gasteiger partial charge in [-0.3, -0.25) is 0 Å². The Morgan fingerprint density at radius 2 is 2.10 bits per heavy atom. The molecule has 0 bridgehead atoms. The zero-order valence-corrected chi connectivity index (χ0v) is 12.5. The first-order valence-electron chi connectivity index (χ1n) is 7.86. The predicted octanol–water partition coefficient (Wildman–Crippen LogP) is 2.22. The molecule has 20 heavy (non-hydrogen) atoms. The number of ether oxygens (including phenoxy) is 1. The van der Waals surface area contributed by atoms with Crippen LogP contribution in [0.2, 0.25) is 0 Å². The zero-order chi connectivity index (χ0) is 14.0. The van der Waals surface area contributed by atoms with Crippen molar-refractivity contribution >= 4 is 0 Å². The number of benzene rings is 1. The number of fused-ring (bicyclic) bond motifs is 1. The van der Waals surface area contributed by atoms with Crippen LogP contribution in [0.5, 0.6) is 5.75 Å². The Hall–Kier alpha value is -1.06. The van der Waals surface area contributed by atoms with Crippen molar-refractivity contribution in [2.24, 2.45) is 11.1 Å². The Balaban J connectivity index is 1.51. The Morgan fingerprint density at radius 1 is 1.30 bits per heavy atom. The molecule has 1 aromatic rings. The van der Waals surface area contributed by atoms with Gasteiger partial charge in [0, 0.05) is 13.0 Å². The van der Waals surface area contributed by atoms with Crippen LogP contribution in [0.25, 0.3) is 0 Å². The lowest BCUT2D eigenvalue weighted by Crippen LogP contribution is -2.42. The average Bonchev–Trinajstić information content (AvgIpc) is 2.94. The van der Waals surface area contributed by atoms with Crippen molar-refractivity contribution in [3.8, 4) is 5.75 Å². The van der Waals surface area contributed by atoms with Gasteiger partial charge in [-0.05, 0) is 61.5 Å². The number of hydrogen-bond donors (Lipinski definition) is 1. The number of nitrogens with zero attached hydrogens (tertiary/aromatic N) is 1. The molecular formula is C17H26N2O. The fourth-order valence-electron chi connectivity index (χ4n) is 3.20. The van der Waals surface area contributed by atoms with E-state index in [0.717, 1.165) is 31.7 Å². The first-order chi connectivity index (χ1) is 9.68. The molecule has 1 aromatic carbocycles. The molecule has 0 saturated carbocycles. The van der Waals surface area contributed by atoms with Crippen LogP contribution in [0, 0.1) is 5.41 Å². The minimum Gasteiger partial charge on any atom is -0.493 e. The smallest absolute Gasteiger partial charge is 0.122 e. The van der Waals surface area contributed by atoms with Crippen LogP contribution in [-0.2, 0) is 12.8 Å². The molecule has 3 heteroatoms. The second kappa shape index (κ2) is 5.74. The molecule has 110 valence electrons. The molecule has 2 heterocycles. The summed E-state index contributed by atoms with van der Waals surface area (Å²) in [5, 5.41) is 0. The molecular weight excluding hydrogens is 248 g/mol. The number of rotatable bonds is 4. The quantitative estimate of drug-likeness (QED) is 0.915. The number of hydrogen-bond acceptors (Lipinski definition) is 3. The molecule has 3 nitrogen and oxygen atoms in total. The van der Waals surface area contributed by atoms with E-state index in [-0.39, 0.29) is 0 Å². The van der Waals surface area contributed by atoms with E-state index in [1.54, 1.807) is 0 Å². The summed E-state index contributed by atoms with van der Waals surface area (Å²) in [6.07, 6.45) is 4.69. The predicted molar refractivity (Wildman–Crippen MR) is 82.2 cm³/mol. The molecule has 2 aliphatic rings. The third kappa shape index (κ3) is 2.99. The van der Waals surface area contributed by atoms with Crippen molar-refractivity contribution in [1.82, 2.24) is 4.90 Å². The molecule has 2 N–H and O–H groups in total. The largest absolute Gasteiger partial charge is 0.493 e. The molecule has 3 rings (SSSR count). The van der Waals surface area contributed by atoms with Crippen molar-refractivity contribution in [3.05, 3.63) is 29.3 Å². The van der Waals surface area contributed by atoms with E-state index in [0.29, 0.717) is 5.41 Å². The Labute approximate surface area is 122 Å². The molecule has 0 atom stereocenters. The fourth-order valence-corrected chi connectivity index (χ4v) is 3.20. The van der Waals surface area contributed by atoms with Crippen molar-refractivity contribution in [3.63, 3.8) is 0 Å². The highest BCUT2D eigenvalue weighted by Gasteiger charge is 2.28. The van der Waals surface area contributed by atoms with E-state index in [9.17, 15) is 0 Å². The SMILES string of the molecule is CC1(CN)CCN(CCc2ccc3c(c2)CCO3)CC1. The highest BCUT2D eigenvalue weighted by atomic mass is 16.5. The summed E-state index contributed by atoms with van der Waals surface area (Å²) in [6.45, 7) is 7.56. The topological polar surface area (TPSA) is 38.5 Å². The highest BCUT2D eigenvalue weighted by molar-refractivity contribution is 5.39. The van der Waals surface area contributed by atoms with Crippen LogP contribution in [-0.4, -0.2) is 37.7 Å². The second-order valence-electron chi connectivity index (χ2n) is 6.65. The monoisotopic (exact) mass is 274 g/mol. The minimum atomic E-state index is 0.376. The third-order valence-corrected chi connectivity index (χ3v) is 5.03. The summed E-state index contributed by atoms with van der Waals surface area (Å²) in [5.74, 6) is 1.09. The van der Waals surface area contributed by atoms with Crippen molar-refractivity contribution in [2.75, 3.05) is 32.8 Å². The number of piperidine rings is 1. The van der Waals surface area contributed by atoms with Gasteiger partial charge in [-0.2, -0.15) is 0 Å². The zero-order valence-electron chi connectivity index (χ0n) is 12.5. The van der Waals surface area contributed by atoms with Gasteiger partial charge in [0.2, 0.25) is 0 Å². The normalized spacial score (nSPS) is 21.5. The molecule has 2 aliphatic heterocycles. The maximum Gasteiger partial charge on any atom is 0.122 e. The molecule has 1 saturated heterocycles. The first-order valence-corrected chi connectivity index (χ1v) is 7.86. The summed E-state index contributed by atoms with van der Waals surface area (Å²) in [6, 6.07) is 6.69. The van der Waals surface area contributed by atoms with Gasteiger partial charge < -0.3 is 15.4 Å². The summed E-state index contributed by atoms with van der Waals surface area (Å²) in [7, 11) is 0. The number of likely N-dealkylation sites (tertiary alicyclic amines) is 1. The van der Waals surface area contributed by atoms with Crippen LogP contribution >= 0.6 is 0 Å². The van der Waals surface area contributed by atoms with Gasteiger partial charge in [-0.1, -0.05) is 19.1 Å². The maximum atomic E-state index is 5.87. The molecule has 0 unspecified atom stereocenters. The molecule has 0 amide bonds. The van der Waals surface area contributed by atoms with Gasteiger partial charge in [-0.25, -0.2) is 0 Å². The van der Waals surface area contributed by atoms with Crippen molar-refractivity contribution in [2.45, 2.75) is 32.6 Å². The van der Waals surface area contributed by atoms with Crippen LogP contribution in [0.3, 0.4) is 0 Å². The Kier molecular flexibility index (Phi) is 3.99. The van der Waals surface area contributed by atoms with Crippen LogP contribution in [0.15, 0.2) is 18.2 Å². The summed E-state index contributed by atoms with van der Waals surface area (Å²) in [5.41, 5.74) is 9.08. The third-order valence-electron chi connectivity index (χ3n) is 5.03. The summed E-state index contributed by atoms with van der Waals surface area (Å²) >= 11 is 0. The van der Waals surface area contributed by atoms with Gasteiger partial charge in [-0.15, -0.1) is 0 Å². The minimum absolute atomic E-state index is 0.376. The van der Waals surface area contributed by atoms with Gasteiger partial charge in [0.15, 0.2) is 0 Å². The van der Waals surface area contributed by atoms with Crippen molar-refractivity contribution in [1.29, 1.82) is 0 Å². The van der Waals surface area contributed by atoms with Gasteiger partial charge in [0.1, 0.15) is 5.75 Å². The Bertz CT molecular complexity index is 464. The van der Waals surface area contributed by atoms with Crippen LogP contribution in [0.1, 0.15) is 30.9 Å². The fraction of sp³-hybridized carbons (Fsp3) is 0.647. The average molecular weight is 274 g/mol. The molecule has 0 aliphatic carbocycles. The van der Waals surface area contributed by atoms with E-state index in [4.69, 9.17) is 10.5 Å².